The number of thiocarbonyl (C=S) groups is 1. The number of carbonyl (C=O) groups is 3. The van der Waals surface area contributed by atoms with E-state index in [0.717, 1.165) is 4.90 Å². The number of amides is 3. The van der Waals surface area contributed by atoms with Crippen LogP contribution in [0, 0.1) is 5.92 Å². The molecule has 3 amide bonds. The Hall–Kier alpha value is -3.99. The van der Waals surface area contributed by atoms with E-state index in [1.54, 1.807) is 36.4 Å². The number of hydrogen-bond donors (Lipinski definition) is 3. The summed E-state index contributed by atoms with van der Waals surface area (Å²) in [6, 6.07) is 12.7. The van der Waals surface area contributed by atoms with Gasteiger partial charge in [0, 0.05) is 5.69 Å². The third kappa shape index (κ3) is 4.61. The fourth-order valence-electron chi connectivity index (χ4n) is 2.91. The summed E-state index contributed by atoms with van der Waals surface area (Å²) in [5.41, 5.74) is 7.99. The number of ether oxygens (including phenoxy) is 2. The van der Waals surface area contributed by atoms with Gasteiger partial charge in [0.05, 0.1) is 19.9 Å². The molecule has 2 aromatic rings. The largest absolute Gasteiger partial charge is 0.497 e. The van der Waals surface area contributed by atoms with Crippen LogP contribution in [0.25, 0.3) is 0 Å². The molecule has 1 aliphatic rings. The highest BCUT2D eigenvalue weighted by atomic mass is 32.1. The Labute approximate surface area is 183 Å². The van der Waals surface area contributed by atoms with Crippen LogP contribution in [-0.2, 0) is 14.4 Å². The van der Waals surface area contributed by atoms with E-state index < -0.39 is 23.6 Å². The highest BCUT2D eigenvalue weighted by molar-refractivity contribution is 7.80. The van der Waals surface area contributed by atoms with Crippen LogP contribution in [0.5, 0.6) is 11.5 Å². The molecule has 1 unspecified atom stereocenters. The van der Waals surface area contributed by atoms with Gasteiger partial charge in [-0.15, -0.1) is 0 Å². The Morgan fingerprint density at radius 3 is 2.10 bits per heavy atom. The van der Waals surface area contributed by atoms with E-state index in [0.29, 0.717) is 17.2 Å². The van der Waals surface area contributed by atoms with E-state index in [1.807, 2.05) is 0 Å². The number of hydrazone groups is 1. The number of benzene rings is 2. The molecular formula is C20H19N5O5S. The molecule has 10 nitrogen and oxygen atoms in total. The SMILES string of the molecule is COc1ccc(NC(=O)C2C(=O)N(c3ccc(OC)cc3)C(=O)/C2=N/NC(N)=S)cc1. The maximum atomic E-state index is 13.1. The van der Waals surface area contributed by atoms with Crippen molar-refractivity contribution in [1.29, 1.82) is 0 Å². The molecule has 0 bridgehead atoms. The first-order chi connectivity index (χ1) is 14.8. The van der Waals surface area contributed by atoms with Crippen LogP contribution < -0.4 is 30.8 Å². The van der Waals surface area contributed by atoms with Crippen molar-refractivity contribution in [2.45, 2.75) is 0 Å². The molecule has 0 radical (unpaired) electrons. The van der Waals surface area contributed by atoms with Crippen molar-refractivity contribution in [2.24, 2.45) is 16.8 Å². The molecule has 1 fully saturated rings. The molecule has 1 atom stereocenters. The maximum Gasteiger partial charge on any atom is 0.282 e. The quantitative estimate of drug-likeness (QED) is 0.262. The van der Waals surface area contributed by atoms with E-state index in [1.165, 1.54) is 26.4 Å². The molecule has 1 heterocycles. The molecule has 3 rings (SSSR count). The summed E-state index contributed by atoms with van der Waals surface area (Å²) in [5.74, 6) is -2.63. The third-order valence-corrected chi connectivity index (χ3v) is 4.49. The van der Waals surface area contributed by atoms with Crippen molar-refractivity contribution in [3.63, 3.8) is 0 Å². The van der Waals surface area contributed by atoms with E-state index >= 15 is 0 Å². The van der Waals surface area contributed by atoms with E-state index in [2.05, 4.69) is 15.8 Å². The number of nitrogens with two attached hydrogens (primary N) is 1. The van der Waals surface area contributed by atoms with Crippen molar-refractivity contribution in [3.05, 3.63) is 48.5 Å². The normalized spacial score (nSPS) is 16.9. The fraction of sp³-hybridized carbons (Fsp3) is 0.150. The molecule has 0 aromatic heterocycles. The predicted octanol–water partition coefficient (Wildman–Crippen LogP) is 1.02. The second-order valence-corrected chi connectivity index (χ2v) is 6.74. The summed E-state index contributed by atoms with van der Waals surface area (Å²) >= 11 is 4.71. The van der Waals surface area contributed by atoms with E-state index in [4.69, 9.17) is 27.4 Å². The number of nitrogens with one attached hydrogen (secondary N) is 2. The Bertz CT molecular complexity index is 1050. The number of nitrogens with zero attached hydrogens (tertiary/aromatic N) is 2. The fourth-order valence-corrected chi connectivity index (χ4v) is 2.96. The predicted molar refractivity (Wildman–Crippen MR) is 118 cm³/mol. The van der Waals surface area contributed by atoms with Crippen molar-refractivity contribution in [2.75, 3.05) is 24.4 Å². The van der Waals surface area contributed by atoms with Crippen LogP contribution in [0.15, 0.2) is 53.6 Å². The monoisotopic (exact) mass is 441 g/mol. The summed E-state index contributed by atoms with van der Waals surface area (Å²) in [6.07, 6.45) is 0. The number of imide groups is 1. The lowest BCUT2D eigenvalue weighted by atomic mass is 10.0. The molecule has 1 saturated heterocycles. The molecule has 0 spiro atoms. The Balaban J connectivity index is 1.93. The van der Waals surface area contributed by atoms with Crippen LogP contribution >= 0.6 is 12.2 Å². The van der Waals surface area contributed by atoms with Gasteiger partial charge in [0.1, 0.15) is 17.2 Å². The second-order valence-electron chi connectivity index (χ2n) is 6.30. The van der Waals surface area contributed by atoms with Gasteiger partial charge < -0.3 is 20.5 Å². The van der Waals surface area contributed by atoms with Gasteiger partial charge in [-0.05, 0) is 60.7 Å². The van der Waals surface area contributed by atoms with Gasteiger partial charge in [0.15, 0.2) is 11.0 Å². The standard InChI is InChI=1S/C20H19N5O5S/c1-29-13-7-3-11(4-8-13)22-17(26)15-16(23-24-20(21)31)19(28)25(18(15)27)12-5-9-14(30-2)10-6-12/h3-10,15H,1-2H3,(H,22,26)(H3,21,24,31)/b23-16+. The van der Waals surface area contributed by atoms with Gasteiger partial charge in [0.25, 0.3) is 11.8 Å². The van der Waals surface area contributed by atoms with E-state index in [9.17, 15) is 14.4 Å². The summed E-state index contributed by atoms with van der Waals surface area (Å²) < 4.78 is 10.2. The Kier molecular flexibility index (Phi) is 6.46. The van der Waals surface area contributed by atoms with Gasteiger partial charge in [-0.2, -0.15) is 5.10 Å². The number of methoxy groups -OCH3 is 2. The molecule has 1 aliphatic heterocycles. The van der Waals surface area contributed by atoms with Crippen molar-refractivity contribution in [3.8, 4) is 11.5 Å². The minimum Gasteiger partial charge on any atom is -0.497 e. The molecule has 11 heteroatoms. The average Bonchev–Trinajstić information content (AvgIpc) is 3.02. The first kappa shape index (κ1) is 21.7. The van der Waals surface area contributed by atoms with Crippen molar-refractivity contribution < 1.29 is 23.9 Å². The van der Waals surface area contributed by atoms with E-state index in [-0.39, 0.29) is 16.5 Å². The van der Waals surface area contributed by atoms with Gasteiger partial charge in [-0.25, -0.2) is 4.90 Å². The molecule has 31 heavy (non-hydrogen) atoms. The third-order valence-electron chi connectivity index (χ3n) is 4.40. The average molecular weight is 441 g/mol. The van der Waals surface area contributed by atoms with Gasteiger partial charge >= 0.3 is 0 Å². The molecule has 0 saturated carbocycles. The Morgan fingerprint density at radius 2 is 1.58 bits per heavy atom. The zero-order valence-electron chi connectivity index (χ0n) is 16.6. The number of rotatable bonds is 6. The smallest absolute Gasteiger partial charge is 0.282 e. The maximum absolute atomic E-state index is 13.1. The van der Waals surface area contributed by atoms with Crippen molar-refractivity contribution >= 4 is 52.1 Å². The van der Waals surface area contributed by atoms with Gasteiger partial charge in [0.2, 0.25) is 5.91 Å². The topological polar surface area (TPSA) is 135 Å². The highest BCUT2D eigenvalue weighted by Gasteiger charge is 2.50. The zero-order chi connectivity index (χ0) is 22.5. The lowest BCUT2D eigenvalue weighted by Gasteiger charge is -2.14. The van der Waals surface area contributed by atoms with Crippen molar-refractivity contribution in [1.82, 2.24) is 5.43 Å². The summed E-state index contributed by atoms with van der Waals surface area (Å²) in [6.45, 7) is 0. The first-order valence-electron chi connectivity index (χ1n) is 8.96. The Morgan fingerprint density at radius 1 is 1.03 bits per heavy atom. The lowest BCUT2D eigenvalue weighted by Crippen LogP contribution is -2.35. The number of carbonyl (C=O) groups excluding carboxylic acids is 3. The lowest BCUT2D eigenvalue weighted by molar-refractivity contribution is -0.127. The highest BCUT2D eigenvalue weighted by Crippen LogP contribution is 2.28. The number of hydrogen-bond acceptors (Lipinski definition) is 7. The van der Waals surface area contributed by atoms with Crippen LogP contribution in [-0.4, -0.2) is 42.8 Å². The molecule has 0 aliphatic carbocycles. The van der Waals surface area contributed by atoms with Gasteiger partial charge in [-0.3, -0.25) is 19.8 Å². The molecule has 160 valence electrons. The summed E-state index contributed by atoms with van der Waals surface area (Å²) in [5, 5.41) is 6.21. The summed E-state index contributed by atoms with van der Waals surface area (Å²) in [7, 11) is 3.01. The van der Waals surface area contributed by atoms with Crippen LogP contribution in [0.3, 0.4) is 0 Å². The van der Waals surface area contributed by atoms with Crippen LogP contribution in [0.2, 0.25) is 0 Å². The summed E-state index contributed by atoms with van der Waals surface area (Å²) in [4.78, 5) is 39.8. The van der Waals surface area contributed by atoms with Gasteiger partial charge in [-0.1, -0.05) is 0 Å². The molecule has 4 N–H and O–H groups in total. The zero-order valence-corrected chi connectivity index (χ0v) is 17.4. The minimum absolute atomic E-state index is 0.218. The van der Waals surface area contributed by atoms with Crippen LogP contribution in [0.1, 0.15) is 0 Å². The number of anilines is 2. The molecule has 2 aromatic carbocycles. The molecular weight excluding hydrogens is 422 g/mol. The minimum atomic E-state index is -1.50. The second kappa shape index (κ2) is 9.22. The van der Waals surface area contributed by atoms with Crippen LogP contribution in [0.4, 0.5) is 11.4 Å². The first-order valence-corrected chi connectivity index (χ1v) is 9.36.